The third-order valence-corrected chi connectivity index (χ3v) is 6.87. The Morgan fingerprint density at radius 2 is 1.68 bits per heavy atom. The summed E-state index contributed by atoms with van der Waals surface area (Å²) in [5.74, 6) is -0.829. The summed E-state index contributed by atoms with van der Waals surface area (Å²) in [7, 11) is -3.46. The summed E-state index contributed by atoms with van der Waals surface area (Å²) in [6, 6.07) is 11.7. The molecule has 2 aromatic rings. The van der Waals surface area contributed by atoms with E-state index in [0.717, 1.165) is 0 Å². The van der Waals surface area contributed by atoms with Crippen molar-refractivity contribution in [2.24, 2.45) is 0 Å². The van der Waals surface area contributed by atoms with E-state index in [1.807, 2.05) is 4.90 Å². The van der Waals surface area contributed by atoms with Crippen LogP contribution in [0.2, 0.25) is 0 Å². The molecule has 2 aromatic carbocycles. The monoisotopic (exact) mass is 453 g/mol. The van der Waals surface area contributed by atoms with Crippen molar-refractivity contribution >= 4 is 21.6 Å². The Morgan fingerprint density at radius 1 is 1.00 bits per heavy atom. The molecule has 168 valence electrons. The second-order valence-electron chi connectivity index (χ2n) is 7.10. The SMILES string of the molecule is O=C(COc1ccc(F)cc1)NCCCS(=O)(=O)N1CCN(c2ccccc2F)CC1. The molecule has 0 atom stereocenters. The minimum absolute atomic E-state index is 0.0915. The lowest BCUT2D eigenvalue weighted by atomic mass is 10.2. The van der Waals surface area contributed by atoms with Crippen LogP contribution in [0.25, 0.3) is 0 Å². The van der Waals surface area contributed by atoms with Crippen LogP contribution in [-0.4, -0.2) is 63.7 Å². The topological polar surface area (TPSA) is 78.9 Å². The van der Waals surface area contributed by atoms with E-state index in [9.17, 15) is 22.0 Å². The Bertz CT molecular complexity index is 978. The van der Waals surface area contributed by atoms with E-state index in [0.29, 0.717) is 24.5 Å². The summed E-state index contributed by atoms with van der Waals surface area (Å²) in [6.07, 6.45) is 0.262. The van der Waals surface area contributed by atoms with E-state index in [4.69, 9.17) is 4.74 Å². The van der Waals surface area contributed by atoms with Crippen molar-refractivity contribution in [2.75, 3.05) is 50.0 Å². The number of anilines is 1. The molecule has 3 rings (SSSR count). The predicted octanol–water partition coefficient (Wildman–Crippen LogP) is 2.00. The van der Waals surface area contributed by atoms with Crippen LogP contribution in [0, 0.1) is 11.6 Å². The molecule has 0 aliphatic carbocycles. The van der Waals surface area contributed by atoms with Gasteiger partial charge < -0.3 is 15.0 Å². The van der Waals surface area contributed by atoms with E-state index >= 15 is 0 Å². The highest BCUT2D eigenvalue weighted by molar-refractivity contribution is 7.89. The maximum atomic E-state index is 13.9. The predicted molar refractivity (Wildman–Crippen MR) is 113 cm³/mol. The molecule has 31 heavy (non-hydrogen) atoms. The highest BCUT2D eigenvalue weighted by atomic mass is 32.2. The summed E-state index contributed by atoms with van der Waals surface area (Å²) in [6.45, 7) is 1.36. The Labute approximate surface area is 180 Å². The highest BCUT2D eigenvalue weighted by Gasteiger charge is 2.27. The number of ether oxygens (including phenoxy) is 1. The van der Waals surface area contributed by atoms with Crippen LogP contribution in [0.15, 0.2) is 48.5 Å². The first-order valence-corrected chi connectivity index (χ1v) is 11.6. The molecule has 0 unspecified atom stereocenters. The molecule has 1 fully saturated rings. The van der Waals surface area contributed by atoms with Crippen molar-refractivity contribution in [3.05, 3.63) is 60.2 Å². The molecule has 1 aliphatic rings. The third kappa shape index (κ3) is 6.63. The number of nitrogens with one attached hydrogen (secondary N) is 1. The van der Waals surface area contributed by atoms with E-state index in [1.165, 1.54) is 34.6 Å². The molecular formula is C21H25F2N3O4S. The molecule has 1 heterocycles. The van der Waals surface area contributed by atoms with Gasteiger partial charge in [0.25, 0.3) is 5.91 Å². The van der Waals surface area contributed by atoms with Crippen molar-refractivity contribution in [3.8, 4) is 5.75 Å². The number of hydrogen-bond donors (Lipinski definition) is 1. The normalized spacial score (nSPS) is 15.0. The summed E-state index contributed by atoms with van der Waals surface area (Å²) in [4.78, 5) is 13.6. The molecule has 0 saturated carbocycles. The van der Waals surface area contributed by atoms with Gasteiger partial charge in [0.1, 0.15) is 17.4 Å². The highest BCUT2D eigenvalue weighted by Crippen LogP contribution is 2.21. The van der Waals surface area contributed by atoms with E-state index in [1.54, 1.807) is 18.2 Å². The van der Waals surface area contributed by atoms with Gasteiger partial charge in [-0.2, -0.15) is 4.31 Å². The van der Waals surface area contributed by atoms with Gasteiger partial charge in [-0.15, -0.1) is 0 Å². The quantitative estimate of drug-likeness (QED) is 0.588. The fourth-order valence-electron chi connectivity index (χ4n) is 3.26. The van der Waals surface area contributed by atoms with Crippen molar-refractivity contribution < 1.29 is 26.7 Å². The standard InChI is InChI=1S/C21H25F2N3O4S/c22-17-6-8-18(9-7-17)30-16-21(27)24-10-3-15-31(28,29)26-13-11-25(12-14-26)20-5-2-1-4-19(20)23/h1-2,4-9H,3,10-16H2,(H,24,27). The van der Waals surface area contributed by atoms with Gasteiger partial charge in [-0.3, -0.25) is 4.79 Å². The Morgan fingerprint density at radius 3 is 2.35 bits per heavy atom. The van der Waals surface area contributed by atoms with Crippen LogP contribution < -0.4 is 15.0 Å². The van der Waals surface area contributed by atoms with Crippen LogP contribution >= 0.6 is 0 Å². The number of halogens is 2. The zero-order valence-corrected chi connectivity index (χ0v) is 17.8. The number of hydrogen-bond acceptors (Lipinski definition) is 5. The van der Waals surface area contributed by atoms with Gasteiger partial charge in [0.2, 0.25) is 10.0 Å². The third-order valence-electron chi connectivity index (χ3n) is 4.91. The molecule has 10 heteroatoms. The first-order chi connectivity index (χ1) is 14.8. The summed E-state index contributed by atoms with van der Waals surface area (Å²) in [5.41, 5.74) is 0.477. The molecule has 0 aromatic heterocycles. The molecule has 1 saturated heterocycles. The zero-order valence-electron chi connectivity index (χ0n) is 17.0. The van der Waals surface area contributed by atoms with E-state index in [-0.39, 0.29) is 50.1 Å². The Kier molecular flexibility index (Phi) is 7.80. The van der Waals surface area contributed by atoms with Crippen molar-refractivity contribution in [2.45, 2.75) is 6.42 Å². The second-order valence-corrected chi connectivity index (χ2v) is 9.19. The molecule has 1 N–H and O–H groups in total. The molecule has 0 radical (unpaired) electrons. The van der Waals surface area contributed by atoms with Crippen LogP contribution in [0.1, 0.15) is 6.42 Å². The number of benzene rings is 2. The molecular weight excluding hydrogens is 428 g/mol. The number of para-hydroxylation sites is 1. The summed E-state index contributed by atoms with van der Waals surface area (Å²) < 4.78 is 58.5. The number of nitrogens with zero attached hydrogens (tertiary/aromatic N) is 2. The smallest absolute Gasteiger partial charge is 0.257 e. The van der Waals surface area contributed by atoms with Crippen LogP contribution in [0.4, 0.5) is 14.5 Å². The fourth-order valence-corrected chi connectivity index (χ4v) is 4.74. The molecule has 0 spiro atoms. The lowest BCUT2D eigenvalue weighted by Gasteiger charge is -2.35. The minimum Gasteiger partial charge on any atom is -0.484 e. The lowest BCUT2D eigenvalue weighted by Crippen LogP contribution is -2.49. The second kappa shape index (κ2) is 10.5. The minimum atomic E-state index is -3.46. The van der Waals surface area contributed by atoms with Gasteiger partial charge in [-0.05, 0) is 42.8 Å². The van der Waals surface area contributed by atoms with Gasteiger partial charge in [-0.1, -0.05) is 12.1 Å². The van der Waals surface area contributed by atoms with Crippen LogP contribution in [-0.2, 0) is 14.8 Å². The Hall–Kier alpha value is -2.72. The largest absolute Gasteiger partial charge is 0.484 e. The zero-order chi connectivity index (χ0) is 22.3. The average Bonchev–Trinajstić information content (AvgIpc) is 2.77. The first-order valence-electron chi connectivity index (χ1n) is 9.97. The number of amides is 1. The van der Waals surface area contributed by atoms with Crippen molar-refractivity contribution in [3.63, 3.8) is 0 Å². The number of rotatable bonds is 9. The fraction of sp³-hybridized carbons (Fsp3) is 0.381. The molecule has 0 bridgehead atoms. The first kappa shape index (κ1) is 23.0. The lowest BCUT2D eigenvalue weighted by molar-refractivity contribution is -0.123. The average molecular weight is 454 g/mol. The van der Waals surface area contributed by atoms with Crippen LogP contribution in [0.3, 0.4) is 0 Å². The Balaban J connectivity index is 1.36. The van der Waals surface area contributed by atoms with Gasteiger partial charge in [0.05, 0.1) is 11.4 Å². The number of carbonyl (C=O) groups excluding carboxylic acids is 1. The molecule has 1 amide bonds. The number of carbonyl (C=O) groups is 1. The number of sulfonamides is 1. The van der Waals surface area contributed by atoms with Crippen molar-refractivity contribution in [1.82, 2.24) is 9.62 Å². The molecule has 1 aliphatic heterocycles. The van der Waals surface area contributed by atoms with E-state index in [2.05, 4.69) is 5.32 Å². The van der Waals surface area contributed by atoms with Gasteiger partial charge >= 0.3 is 0 Å². The molecule has 7 nitrogen and oxygen atoms in total. The van der Waals surface area contributed by atoms with Gasteiger partial charge in [0, 0.05) is 32.7 Å². The maximum absolute atomic E-state index is 13.9. The van der Waals surface area contributed by atoms with Crippen LogP contribution in [0.5, 0.6) is 5.75 Å². The van der Waals surface area contributed by atoms with Crippen molar-refractivity contribution in [1.29, 1.82) is 0 Å². The number of piperazine rings is 1. The van der Waals surface area contributed by atoms with Gasteiger partial charge in [0.15, 0.2) is 6.61 Å². The summed E-state index contributed by atoms with van der Waals surface area (Å²) >= 11 is 0. The maximum Gasteiger partial charge on any atom is 0.257 e. The van der Waals surface area contributed by atoms with E-state index < -0.39 is 15.8 Å². The van der Waals surface area contributed by atoms with Gasteiger partial charge in [-0.25, -0.2) is 17.2 Å². The summed E-state index contributed by atoms with van der Waals surface area (Å²) in [5, 5.41) is 2.60.